The average molecular weight is 413 g/mol. The van der Waals surface area contributed by atoms with Crippen molar-refractivity contribution >= 4 is 17.8 Å². The lowest BCUT2D eigenvalue weighted by Crippen LogP contribution is -2.39. The molecule has 1 aliphatic heterocycles. The van der Waals surface area contributed by atoms with Gasteiger partial charge in [0.05, 0.1) is 12.1 Å². The predicted octanol–water partition coefficient (Wildman–Crippen LogP) is 3.91. The Hall–Kier alpha value is -3.34. The molecule has 1 heterocycles. The van der Waals surface area contributed by atoms with Crippen LogP contribution >= 0.6 is 0 Å². The largest absolute Gasteiger partial charge is 0.444 e. The lowest BCUT2D eigenvalue weighted by Gasteiger charge is -2.22. The molecule has 0 radical (unpaired) electrons. The van der Waals surface area contributed by atoms with Crippen LogP contribution in [0.2, 0.25) is 0 Å². The van der Waals surface area contributed by atoms with Gasteiger partial charge < -0.3 is 19.7 Å². The number of rotatable bonds is 4. The zero-order chi connectivity index (χ0) is 22.1. The quantitative estimate of drug-likeness (QED) is 0.808. The lowest BCUT2D eigenvalue weighted by atomic mass is 9.92. The standard InChI is InChI=1S/C22H24FN3O4/c1-22(2,3)30-20(27)25-16(12-24)9-15-6-5-13(10-17(15)23)14-7-8-19-18(11-14)26(4)21(28)29-19/h5-8,10,16,18H,9,11H2,1-4H3,(H,25,27)/t16-,18?/m0/s1. The van der Waals surface area contributed by atoms with Crippen molar-refractivity contribution in [1.29, 1.82) is 5.26 Å². The van der Waals surface area contributed by atoms with Gasteiger partial charge in [-0.05, 0) is 49.6 Å². The summed E-state index contributed by atoms with van der Waals surface area (Å²) >= 11 is 0. The Labute approximate surface area is 174 Å². The van der Waals surface area contributed by atoms with Crippen molar-refractivity contribution in [2.24, 2.45) is 0 Å². The molecule has 1 unspecified atom stereocenters. The van der Waals surface area contributed by atoms with E-state index in [4.69, 9.17) is 9.47 Å². The molecule has 0 saturated carbocycles. The molecule has 2 amide bonds. The van der Waals surface area contributed by atoms with Crippen LogP contribution in [-0.4, -0.2) is 41.8 Å². The molecule has 7 nitrogen and oxygen atoms in total. The average Bonchev–Trinajstić information content (AvgIpc) is 2.94. The smallest absolute Gasteiger partial charge is 0.415 e. The van der Waals surface area contributed by atoms with Crippen molar-refractivity contribution in [2.45, 2.75) is 51.3 Å². The molecule has 1 aromatic carbocycles. The van der Waals surface area contributed by atoms with Gasteiger partial charge in [0.25, 0.3) is 0 Å². The number of allylic oxidation sites excluding steroid dienone is 2. The summed E-state index contributed by atoms with van der Waals surface area (Å²) in [5.74, 6) is 0.120. The monoisotopic (exact) mass is 413 g/mol. The number of alkyl carbamates (subject to hydrolysis) is 1. The number of carbonyl (C=O) groups excluding carboxylic acids is 2. The predicted molar refractivity (Wildman–Crippen MR) is 108 cm³/mol. The van der Waals surface area contributed by atoms with E-state index in [1.807, 2.05) is 12.1 Å². The number of likely N-dealkylation sites (N-methyl/N-ethyl adjacent to an activating group) is 1. The second-order valence-electron chi connectivity index (χ2n) is 8.30. The molecular weight excluding hydrogens is 389 g/mol. The van der Waals surface area contributed by atoms with E-state index in [-0.39, 0.29) is 12.5 Å². The highest BCUT2D eigenvalue weighted by molar-refractivity contribution is 5.77. The molecule has 2 atom stereocenters. The molecule has 1 aromatic rings. The number of nitrogens with one attached hydrogen (secondary N) is 1. The molecule has 3 rings (SSSR count). The highest BCUT2D eigenvalue weighted by Gasteiger charge is 2.37. The Morgan fingerprint density at radius 1 is 1.43 bits per heavy atom. The van der Waals surface area contributed by atoms with Crippen LogP contribution in [0.5, 0.6) is 0 Å². The van der Waals surface area contributed by atoms with Crippen molar-refractivity contribution in [2.75, 3.05) is 7.05 Å². The third-order valence-electron chi connectivity index (χ3n) is 4.85. The summed E-state index contributed by atoms with van der Waals surface area (Å²) in [6, 6.07) is 5.61. The maximum absolute atomic E-state index is 14.7. The maximum Gasteiger partial charge on any atom is 0.415 e. The van der Waals surface area contributed by atoms with Gasteiger partial charge in [0.15, 0.2) is 0 Å². The Balaban J connectivity index is 1.69. The second kappa shape index (κ2) is 8.19. The molecule has 0 spiro atoms. The van der Waals surface area contributed by atoms with E-state index in [1.165, 1.54) is 11.0 Å². The minimum atomic E-state index is -0.921. The molecule has 8 heteroatoms. The molecule has 158 valence electrons. The number of nitriles is 1. The molecule has 0 bridgehead atoms. The van der Waals surface area contributed by atoms with Crippen molar-refractivity contribution in [3.8, 4) is 6.07 Å². The number of fused-ring (bicyclic) bond motifs is 1. The van der Waals surface area contributed by atoms with Gasteiger partial charge in [0.2, 0.25) is 0 Å². The van der Waals surface area contributed by atoms with Crippen LogP contribution in [0.3, 0.4) is 0 Å². The van der Waals surface area contributed by atoms with Crippen LogP contribution in [0, 0.1) is 17.1 Å². The number of amides is 2. The van der Waals surface area contributed by atoms with Gasteiger partial charge in [-0.1, -0.05) is 18.2 Å². The summed E-state index contributed by atoms with van der Waals surface area (Å²) in [7, 11) is 1.67. The minimum absolute atomic E-state index is 0.0126. The fraction of sp³-hybridized carbons (Fsp3) is 0.409. The number of halogens is 1. The van der Waals surface area contributed by atoms with Crippen LogP contribution in [0.1, 0.15) is 38.3 Å². The molecule has 2 aliphatic rings. The molecule has 30 heavy (non-hydrogen) atoms. The Morgan fingerprint density at radius 3 is 2.80 bits per heavy atom. The molecule has 1 N–H and O–H groups in total. The van der Waals surface area contributed by atoms with E-state index in [1.54, 1.807) is 46.0 Å². The number of ether oxygens (including phenoxy) is 2. The van der Waals surface area contributed by atoms with Crippen LogP contribution in [0.4, 0.5) is 14.0 Å². The van der Waals surface area contributed by atoms with E-state index in [0.717, 1.165) is 5.57 Å². The first-order valence-corrected chi connectivity index (χ1v) is 9.60. The van der Waals surface area contributed by atoms with Crippen molar-refractivity contribution in [1.82, 2.24) is 10.2 Å². The molecule has 1 fully saturated rings. The summed E-state index contributed by atoms with van der Waals surface area (Å²) in [4.78, 5) is 25.1. The summed E-state index contributed by atoms with van der Waals surface area (Å²) in [6.07, 6.45) is 2.95. The number of carbonyl (C=O) groups is 2. The van der Waals surface area contributed by atoms with Gasteiger partial charge in [-0.2, -0.15) is 5.26 Å². The van der Waals surface area contributed by atoms with Gasteiger partial charge in [-0.15, -0.1) is 0 Å². The summed E-state index contributed by atoms with van der Waals surface area (Å²) in [5, 5.41) is 11.8. The number of benzene rings is 1. The first-order chi connectivity index (χ1) is 14.1. The first kappa shape index (κ1) is 21.4. The SMILES string of the molecule is CN1C(=O)OC2=CC=C(c3ccc(C[C@@H](C#N)NC(=O)OC(C)(C)C)c(F)c3)CC21. The zero-order valence-electron chi connectivity index (χ0n) is 17.4. The molecule has 1 aliphatic carbocycles. The summed E-state index contributed by atoms with van der Waals surface area (Å²) < 4.78 is 25.0. The van der Waals surface area contributed by atoms with E-state index in [9.17, 15) is 19.2 Å². The van der Waals surface area contributed by atoms with Gasteiger partial charge >= 0.3 is 12.2 Å². The van der Waals surface area contributed by atoms with E-state index in [2.05, 4.69) is 5.32 Å². The minimum Gasteiger partial charge on any atom is -0.444 e. The summed E-state index contributed by atoms with van der Waals surface area (Å²) in [6.45, 7) is 5.15. The highest BCUT2D eigenvalue weighted by atomic mass is 19.1. The third-order valence-corrected chi connectivity index (χ3v) is 4.85. The zero-order valence-corrected chi connectivity index (χ0v) is 17.4. The summed E-state index contributed by atoms with van der Waals surface area (Å²) in [5.41, 5.74) is 1.18. The van der Waals surface area contributed by atoms with E-state index >= 15 is 0 Å². The number of hydrogen-bond acceptors (Lipinski definition) is 5. The number of nitrogens with zero attached hydrogens (tertiary/aromatic N) is 2. The van der Waals surface area contributed by atoms with Crippen LogP contribution in [0.15, 0.2) is 36.1 Å². The normalized spacial score (nSPS) is 19.1. The van der Waals surface area contributed by atoms with Gasteiger partial charge in [0, 0.05) is 19.9 Å². The van der Waals surface area contributed by atoms with Crippen LogP contribution in [0.25, 0.3) is 5.57 Å². The van der Waals surface area contributed by atoms with Gasteiger partial charge in [0.1, 0.15) is 23.2 Å². The van der Waals surface area contributed by atoms with E-state index in [0.29, 0.717) is 23.3 Å². The Morgan fingerprint density at radius 2 is 2.17 bits per heavy atom. The lowest BCUT2D eigenvalue weighted by molar-refractivity contribution is 0.0515. The van der Waals surface area contributed by atoms with Gasteiger partial charge in [-0.3, -0.25) is 0 Å². The van der Waals surface area contributed by atoms with Crippen molar-refractivity contribution in [3.05, 3.63) is 53.1 Å². The number of hydrogen-bond donors (Lipinski definition) is 1. The second-order valence-corrected chi connectivity index (χ2v) is 8.30. The van der Waals surface area contributed by atoms with Crippen LogP contribution < -0.4 is 5.32 Å². The molecule has 1 saturated heterocycles. The Bertz CT molecular complexity index is 972. The first-order valence-electron chi connectivity index (χ1n) is 9.60. The molecular formula is C22H24FN3O4. The fourth-order valence-electron chi connectivity index (χ4n) is 3.33. The molecule has 0 aromatic heterocycles. The van der Waals surface area contributed by atoms with Gasteiger partial charge in [-0.25, -0.2) is 14.0 Å². The highest BCUT2D eigenvalue weighted by Crippen LogP contribution is 2.34. The van der Waals surface area contributed by atoms with Crippen molar-refractivity contribution in [3.63, 3.8) is 0 Å². The van der Waals surface area contributed by atoms with Crippen LogP contribution in [-0.2, 0) is 15.9 Å². The fourth-order valence-corrected chi connectivity index (χ4v) is 3.33. The third kappa shape index (κ3) is 4.79. The Kier molecular flexibility index (Phi) is 5.83. The van der Waals surface area contributed by atoms with Crippen molar-refractivity contribution < 1.29 is 23.5 Å². The maximum atomic E-state index is 14.7. The van der Waals surface area contributed by atoms with E-state index < -0.39 is 29.6 Å². The topological polar surface area (TPSA) is 91.7 Å².